The molecule has 5 nitrogen and oxygen atoms in total. The summed E-state index contributed by atoms with van der Waals surface area (Å²) in [6.45, 7) is 1.97. The SMILES string of the molecule is Cc1cc(CN)ncc1[N+](=O)[O-]. The summed E-state index contributed by atoms with van der Waals surface area (Å²) in [6.07, 6.45) is 1.23. The maximum atomic E-state index is 10.4. The van der Waals surface area contributed by atoms with Crippen LogP contribution in [0.3, 0.4) is 0 Å². The number of pyridine rings is 1. The molecule has 1 aromatic heterocycles. The van der Waals surface area contributed by atoms with Crippen molar-refractivity contribution in [2.75, 3.05) is 0 Å². The Balaban J connectivity index is 3.12. The summed E-state index contributed by atoms with van der Waals surface area (Å²) >= 11 is 0. The molecule has 0 unspecified atom stereocenters. The summed E-state index contributed by atoms with van der Waals surface area (Å²) in [5.74, 6) is 0. The first-order valence-electron chi connectivity index (χ1n) is 3.45. The summed E-state index contributed by atoms with van der Waals surface area (Å²) in [6, 6.07) is 1.62. The normalized spacial score (nSPS) is 9.83. The van der Waals surface area contributed by atoms with E-state index in [2.05, 4.69) is 4.98 Å². The second-order valence-corrected chi connectivity index (χ2v) is 2.42. The molecule has 64 valence electrons. The molecule has 0 aliphatic heterocycles. The molecule has 0 aliphatic rings. The van der Waals surface area contributed by atoms with Crippen LogP contribution in [0.5, 0.6) is 0 Å². The Morgan fingerprint density at radius 2 is 2.42 bits per heavy atom. The minimum atomic E-state index is -0.456. The zero-order valence-electron chi connectivity index (χ0n) is 6.65. The number of nitrogens with zero attached hydrogens (tertiary/aromatic N) is 2. The quantitative estimate of drug-likeness (QED) is 0.520. The van der Waals surface area contributed by atoms with E-state index in [4.69, 9.17) is 5.73 Å². The molecule has 5 heteroatoms. The fourth-order valence-corrected chi connectivity index (χ4v) is 0.910. The van der Waals surface area contributed by atoms with Crippen LogP contribution in [0.4, 0.5) is 5.69 Å². The zero-order valence-corrected chi connectivity index (χ0v) is 6.65. The van der Waals surface area contributed by atoms with Gasteiger partial charge in [-0.05, 0) is 13.0 Å². The first kappa shape index (κ1) is 8.61. The van der Waals surface area contributed by atoms with Crippen molar-refractivity contribution in [1.29, 1.82) is 0 Å². The molecule has 0 spiro atoms. The van der Waals surface area contributed by atoms with Crippen molar-refractivity contribution in [3.63, 3.8) is 0 Å². The minimum absolute atomic E-state index is 0.0344. The number of nitro groups is 1. The molecule has 0 aliphatic carbocycles. The summed E-state index contributed by atoms with van der Waals surface area (Å²) < 4.78 is 0. The standard InChI is InChI=1S/C7H9N3O2/c1-5-2-6(3-8)9-4-7(5)10(11)12/h2,4H,3,8H2,1H3. The summed E-state index contributed by atoms with van der Waals surface area (Å²) in [5, 5.41) is 10.4. The van der Waals surface area contributed by atoms with Gasteiger partial charge in [-0.1, -0.05) is 0 Å². The summed E-state index contributed by atoms with van der Waals surface area (Å²) in [5.41, 5.74) is 6.60. The topological polar surface area (TPSA) is 82.0 Å². The van der Waals surface area contributed by atoms with E-state index in [0.29, 0.717) is 17.8 Å². The van der Waals surface area contributed by atoms with E-state index in [0.717, 1.165) is 0 Å². The van der Waals surface area contributed by atoms with Crippen LogP contribution in [-0.2, 0) is 6.54 Å². The predicted octanol–water partition coefficient (Wildman–Crippen LogP) is 0.757. The van der Waals surface area contributed by atoms with Crippen molar-refractivity contribution in [3.8, 4) is 0 Å². The maximum absolute atomic E-state index is 10.4. The van der Waals surface area contributed by atoms with Crippen molar-refractivity contribution in [2.45, 2.75) is 13.5 Å². The Kier molecular flexibility index (Phi) is 2.35. The summed E-state index contributed by atoms with van der Waals surface area (Å²) in [4.78, 5) is 13.7. The Morgan fingerprint density at radius 1 is 1.75 bits per heavy atom. The van der Waals surface area contributed by atoms with Crippen LogP contribution in [-0.4, -0.2) is 9.91 Å². The number of aryl methyl sites for hydroxylation is 1. The van der Waals surface area contributed by atoms with E-state index in [9.17, 15) is 10.1 Å². The third-order valence-corrected chi connectivity index (χ3v) is 1.55. The molecule has 1 rings (SSSR count). The fraction of sp³-hybridized carbons (Fsp3) is 0.286. The molecule has 1 aromatic rings. The zero-order chi connectivity index (χ0) is 9.14. The summed E-state index contributed by atoms with van der Waals surface area (Å²) in [7, 11) is 0. The van der Waals surface area contributed by atoms with Crippen molar-refractivity contribution in [2.24, 2.45) is 5.73 Å². The molecule has 1 heterocycles. The highest BCUT2D eigenvalue weighted by atomic mass is 16.6. The van der Waals surface area contributed by atoms with Crippen LogP contribution in [0.15, 0.2) is 12.3 Å². The lowest BCUT2D eigenvalue weighted by Gasteiger charge is -1.98. The molecule has 0 fully saturated rings. The molecule has 0 atom stereocenters. The van der Waals surface area contributed by atoms with E-state index in [1.807, 2.05) is 0 Å². The van der Waals surface area contributed by atoms with Crippen LogP contribution in [0.1, 0.15) is 11.3 Å². The smallest absolute Gasteiger partial charge is 0.290 e. The van der Waals surface area contributed by atoms with Gasteiger partial charge < -0.3 is 5.73 Å². The van der Waals surface area contributed by atoms with Crippen LogP contribution in [0.2, 0.25) is 0 Å². The van der Waals surface area contributed by atoms with Gasteiger partial charge in [0.1, 0.15) is 6.20 Å². The van der Waals surface area contributed by atoms with Crippen molar-refractivity contribution in [1.82, 2.24) is 4.98 Å². The Morgan fingerprint density at radius 3 is 2.83 bits per heavy atom. The van der Waals surface area contributed by atoms with Crippen LogP contribution in [0.25, 0.3) is 0 Å². The highest BCUT2D eigenvalue weighted by Crippen LogP contribution is 2.15. The van der Waals surface area contributed by atoms with Crippen LogP contribution >= 0.6 is 0 Å². The fourth-order valence-electron chi connectivity index (χ4n) is 0.910. The lowest BCUT2D eigenvalue weighted by molar-refractivity contribution is -0.385. The molecule has 12 heavy (non-hydrogen) atoms. The van der Waals surface area contributed by atoms with Gasteiger partial charge >= 0.3 is 0 Å². The highest BCUT2D eigenvalue weighted by molar-refractivity contribution is 5.37. The van der Waals surface area contributed by atoms with Gasteiger partial charge in [-0.3, -0.25) is 15.1 Å². The Hall–Kier alpha value is -1.49. The van der Waals surface area contributed by atoms with Crippen molar-refractivity contribution in [3.05, 3.63) is 33.6 Å². The van der Waals surface area contributed by atoms with E-state index in [1.54, 1.807) is 13.0 Å². The molecular formula is C7H9N3O2. The van der Waals surface area contributed by atoms with Gasteiger partial charge in [0.2, 0.25) is 0 Å². The second kappa shape index (κ2) is 3.27. The molecule has 0 radical (unpaired) electrons. The van der Waals surface area contributed by atoms with E-state index in [-0.39, 0.29) is 5.69 Å². The van der Waals surface area contributed by atoms with Crippen molar-refractivity contribution < 1.29 is 4.92 Å². The maximum Gasteiger partial charge on any atom is 0.290 e. The largest absolute Gasteiger partial charge is 0.325 e. The van der Waals surface area contributed by atoms with Gasteiger partial charge in [-0.2, -0.15) is 0 Å². The first-order chi connectivity index (χ1) is 5.65. The molecule has 0 amide bonds. The third kappa shape index (κ3) is 1.57. The van der Waals surface area contributed by atoms with E-state index >= 15 is 0 Å². The molecule has 0 aromatic carbocycles. The molecule has 0 saturated heterocycles. The number of aromatic nitrogens is 1. The Bertz CT molecular complexity index is 312. The molecular weight excluding hydrogens is 158 g/mol. The lowest BCUT2D eigenvalue weighted by Crippen LogP contribution is -2.01. The minimum Gasteiger partial charge on any atom is -0.325 e. The van der Waals surface area contributed by atoms with Gasteiger partial charge in [0.05, 0.1) is 10.6 Å². The van der Waals surface area contributed by atoms with Gasteiger partial charge in [0.15, 0.2) is 0 Å². The number of rotatable bonds is 2. The van der Waals surface area contributed by atoms with Gasteiger partial charge in [0.25, 0.3) is 5.69 Å². The highest BCUT2D eigenvalue weighted by Gasteiger charge is 2.10. The van der Waals surface area contributed by atoms with E-state index < -0.39 is 4.92 Å². The van der Waals surface area contributed by atoms with Gasteiger partial charge in [0, 0.05) is 12.1 Å². The van der Waals surface area contributed by atoms with Crippen LogP contribution in [0, 0.1) is 17.0 Å². The average molecular weight is 167 g/mol. The van der Waals surface area contributed by atoms with Gasteiger partial charge in [-0.25, -0.2) is 0 Å². The second-order valence-electron chi connectivity index (χ2n) is 2.42. The lowest BCUT2D eigenvalue weighted by atomic mass is 10.2. The number of hydrogen-bond donors (Lipinski definition) is 1. The molecule has 0 saturated carbocycles. The van der Waals surface area contributed by atoms with E-state index in [1.165, 1.54) is 6.20 Å². The first-order valence-corrected chi connectivity index (χ1v) is 3.45. The molecule has 0 bridgehead atoms. The molecule has 2 N–H and O–H groups in total. The number of nitrogens with two attached hydrogens (primary N) is 1. The predicted molar refractivity (Wildman–Crippen MR) is 43.5 cm³/mol. The van der Waals surface area contributed by atoms with Crippen molar-refractivity contribution >= 4 is 5.69 Å². The monoisotopic (exact) mass is 167 g/mol. The third-order valence-electron chi connectivity index (χ3n) is 1.55. The Labute approximate surface area is 69.4 Å². The number of hydrogen-bond acceptors (Lipinski definition) is 4. The van der Waals surface area contributed by atoms with Crippen LogP contribution < -0.4 is 5.73 Å². The van der Waals surface area contributed by atoms with Gasteiger partial charge in [-0.15, -0.1) is 0 Å². The average Bonchev–Trinajstić information content (AvgIpc) is 2.03.